The van der Waals surface area contributed by atoms with Crippen LogP contribution in [0.3, 0.4) is 0 Å². The summed E-state index contributed by atoms with van der Waals surface area (Å²) in [5.74, 6) is 0.367. The molecular weight excluding hydrogens is 350 g/mol. The van der Waals surface area contributed by atoms with E-state index in [0.717, 1.165) is 12.1 Å². The van der Waals surface area contributed by atoms with Crippen LogP contribution in [0, 0.1) is 0 Å². The van der Waals surface area contributed by atoms with Crippen molar-refractivity contribution in [3.8, 4) is 22.6 Å². The van der Waals surface area contributed by atoms with Gasteiger partial charge in [0.2, 0.25) is 0 Å². The van der Waals surface area contributed by atoms with E-state index in [0.29, 0.717) is 27.6 Å². The number of rotatable bonds is 2. The van der Waals surface area contributed by atoms with E-state index in [1.54, 1.807) is 24.3 Å². The van der Waals surface area contributed by atoms with Crippen molar-refractivity contribution in [1.82, 2.24) is 4.98 Å². The minimum atomic E-state index is -4.39. The van der Waals surface area contributed by atoms with Crippen LogP contribution in [0.15, 0.2) is 52.9 Å². The summed E-state index contributed by atoms with van der Waals surface area (Å²) in [6.45, 7) is 0. The third-order valence-electron chi connectivity index (χ3n) is 3.19. The molecule has 0 spiro atoms. The molecule has 0 saturated carbocycles. The molecule has 0 unspecified atom stereocenters. The first-order chi connectivity index (χ1) is 10.8. The Balaban J connectivity index is 2.05. The first-order valence-electron chi connectivity index (χ1n) is 6.44. The maximum Gasteiger partial charge on any atom is 0.416 e. The van der Waals surface area contributed by atoms with Crippen LogP contribution in [0.25, 0.3) is 22.6 Å². The van der Waals surface area contributed by atoms with Crippen LogP contribution in [0.2, 0.25) is 10.4 Å². The summed E-state index contributed by atoms with van der Waals surface area (Å²) >= 11 is 11.7. The third kappa shape index (κ3) is 3.35. The topological polar surface area (TPSA) is 26.0 Å². The molecule has 0 amide bonds. The third-order valence-corrected chi connectivity index (χ3v) is 3.61. The van der Waals surface area contributed by atoms with Crippen molar-refractivity contribution in [3.05, 3.63) is 64.5 Å². The van der Waals surface area contributed by atoms with Crippen LogP contribution >= 0.6 is 23.2 Å². The zero-order valence-electron chi connectivity index (χ0n) is 11.4. The zero-order valence-corrected chi connectivity index (χ0v) is 12.9. The fourth-order valence-corrected chi connectivity index (χ4v) is 2.39. The van der Waals surface area contributed by atoms with Gasteiger partial charge < -0.3 is 4.42 Å². The molecule has 2 nitrogen and oxygen atoms in total. The molecular formula is C16H8Cl2F3NO. The number of aromatic nitrogens is 1. The Bertz CT molecular complexity index is 824. The van der Waals surface area contributed by atoms with Crippen LogP contribution < -0.4 is 0 Å². The van der Waals surface area contributed by atoms with Crippen molar-refractivity contribution >= 4 is 23.2 Å². The molecule has 0 radical (unpaired) electrons. The van der Waals surface area contributed by atoms with Gasteiger partial charge in [-0.3, -0.25) is 0 Å². The smallest absolute Gasteiger partial charge is 0.416 e. The highest BCUT2D eigenvalue weighted by Crippen LogP contribution is 2.36. The summed E-state index contributed by atoms with van der Waals surface area (Å²) in [6, 6.07) is 11.4. The number of benzene rings is 2. The second-order valence-electron chi connectivity index (χ2n) is 4.73. The molecule has 0 fully saturated rings. The molecule has 0 bridgehead atoms. The van der Waals surface area contributed by atoms with Gasteiger partial charge in [-0.25, -0.2) is 0 Å². The standard InChI is InChI=1S/C16H8Cl2F3NO/c17-12-7-3-10(4-8-12)14-13(22-15(18)23-14)9-1-5-11(6-2-9)16(19,20)21/h1-8H. The van der Waals surface area contributed by atoms with Gasteiger partial charge in [-0.05, 0) is 48.0 Å². The van der Waals surface area contributed by atoms with Crippen LogP contribution in [-0.2, 0) is 6.18 Å². The first-order valence-corrected chi connectivity index (χ1v) is 7.20. The van der Waals surface area contributed by atoms with Crippen molar-refractivity contribution in [3.63, 3.8) is 0 Å². The molecule has 0 aliphatic rings. The molecule has 3 rings (SSSR count). The Morgan fingerprint density at radius 2 is 1.39 bits per heavy atom. The Kier molecular flexibility index (Phi) is 4.08. The van der Waals surface area contributed by atoms with E-state index in [-0.39, 0.29) is 5.35 Å². The van der Waals surface area contributed by atoms with Crippen LogP contribution in [0.1, 0.15) is 5.56 Å². The first kappa shape index (κ1) is 15.9. The maximum absolute atomic E-state index is 12.6. The molecule has 1 aromatic heterocycles. The highest BCUT2D eigenvalue weighted by molar-refractivity contribution is 6.30. The average Bonchev–Trinajstić information content (AvgIpc) is 2.89. The minimum absolute atomic E-state index is 0.0927. The summed E-state index contributed by atoms with van der Waals surface area (Å²) in [7, 11) is 0. The number of alkyl halides is 3. The number of halogens is 5. The molecule has 23 heavy (non-hydrogen) atoms. The quantitative estimate of drug-likeness (QED) is 0.535. The minimum Gasteiger partial charge on any atom is -0.427 e. The van der Waals surface area contributed by atoms with Gasteiger partial charge in [0.15, 0.2) is 5.76 Å². The van der Waals surface area contributed by atoms with Crippen LogP contribution in [-0.4, -0.2) is 4.98 Å². The van der Waals surface area contributed by atoms with E-state index in [1.165, 1.54) is 12.1 Å². The molecule has 0 aliphatic heterocycles. The van der Waals surface area contributed by atoms with E-state index in [2.05, 4.69) is 4.98 Å². The molecule has 7 heteroatoms. The fraction of sp³-hybridized carbons (Fsp3) is 0.0625. The predicted octanol–water partition coefficient (Wildman–Crippen LogP) is 6.33. The van der Waals surface area contributed by atoms with Gasteiger partial charge in [0.1, 0.15) is 5.69 Å². The lowest BCUT2D eigenvalue weighted by atomic mass is 10.0. The Labute approximate surface area is 139 Å². The van der Waals surface area contributed by atoms with Gasteiger partial charge in [-0.2, -0.15) is 18.2 Å². The summed E-state index contributed by atoms with van der Waals surface area (Å²) in [4.78, 5) is 4.06. The summed E-state index contributed by atoms with van der Waals surface area (Å²) in [6.07, 6.45) is -4.39. The molecule has 118 valence electrons. The molecule has 0 N–H and O–H groups in total. The van der Waals surface area contributed by atoms with E-state index in [4.69, 9.17) is 27.6 Å². The lowest BCUT2D eigenvalue weighted by Gasteiger charge is -2.07. The molecule has 0 atom stereocenters. The van der Waals surface area contributed by atoms with E-state index < -0.39 is 11.7 Å². The monoisotopic (exact) mass is 357 g/mol. The molecule has 1 heterocycles. The van der Waals surface area contributed by atoms with Crippen LogP contribution in [0.4, 0.5) is 13.2 Å². The lowest BCUT2D eigenvalue weighted by Crippen LogP contribution is -2.04. The number of hydrogen-bond acceptors (Lipinski definition) is 2. The summed E-state index contributed by atoms with van der Waals surface area (Å²) < 4.78 is 43.3. The normalized spacial score (nSPS) is 11.7. The Hall–Kier alpha value is -1.98. The fourth-order valence-electron chi connectivity index (χ4n) is 2.10. The summed E-state index contributed by atoms with van der Waals surface area (Å²) in [5.41, 5.74) is 0.775. The predicted molar refractivity (Wildman–Crippen MR) is 82.4 cm³/mol. The van der Waals surface area contributed by atoms with Gasteiger partial charge >= 0.3 is 6.18 Å². The maximum atomic E-state index is 12.6. The van der Waals surface area contributed by atoms with Gasteiger partial charge in [-0.1, -0.05) is 23.7 Å². The van der Waals surface area contributed by atoms with E-state index >= 15 is 0 Å². The van der Waals surface area contributed by atoms with Gasteiger partial charge in [0.05, 0.1) is 5.56 Å². The number of nitrogens with zero attached hydrogens (tertiary/aromatic N) is 1. The Morgan fingerprint density at radius 3 is 1.96 bits per heavy atom. The second-order valence-corrected chi connectivity index (χ2v) is 5.49. The number of oxazole rings is 1. The van der Waals surface area contributed by atoms with E-state index in [1.807, 2.05) is 0 Å². The van der Waals surface area contributed by atoms with Crippen molar-refractivity contribution in [2.75, 3.05) is 0 Å². The SMILES string of the molecule is FC(F)(F)c1ccc(-c2nc(Cl)oc2-c2ccc(Cl)cc2)cc1. The number of hydrogen-bond donors (Lipinski definition) is 0. The highest BCUT2D eigenvalue weighted by atomic mass is 35.5. The van der Waals surface area contributed by atoms with Crippen molar-refractivity contribution < 1.29 is 17.6 Å². The van der Waals surface area contributed by atoms with Crippen molar-refractivity contribution in [2.24, 2.45) is 0 Å². The van der Waals surface area contributed by atoms with Crippen LogP contribution in [0.5, 0.6) is 0 Å². The van der Waals surface area contributed by atoms with Gasteiger partial charge in [0.25, 0.3) is 5.35 Å². The average molecular weight is 358 g/mol. The molecule has 0 aliphatic carbocycles. The molecule has 2 aromatic carbocycles. The van der Waals surface area contributed by atoms with E-state index in [9.17, 15) is 13.2 Å². The zero-order chi connectivity index (χ0) is 16.6. The Morgan fingerprint density at radius 1 is 0.826 bits per heavy atom. The second kappa shape index (κ2) is 5.91. The highest BCUT2D eigenvalue weighted by Gasteiger charge is 2.30. The van der Waals surface area contributed by atoms with Crippen molar-refractivity contribution in [1.29, 1.82) is 0 Å². The van der Waals surface area contributed by atoms with Crippen molar-refractivity contribution in [2.45, 2.75) is 6.18 Å². The van der Waals surface area contributed by atoms with Gasteiger partial charge in [0, 0.05) is 16.1 Å². The largest absolute Gasteiger partial charge is 0.427 e. The molecule has 3 aromatic rings. The lowest BCUT2D eigenvalue weighted by molar-refractivity contribution is -0.137. The molecule has 0 saturated heterocycles. The summed E-state index contributed by atoms with van der Waals surface area (Å²) in [5, 5.41) is 0.459. The van der Waals surface area contributed by atoms with Gasteiger partial charge in [-0.15, -0.1) is 0 Å².